The molecule has 1 rings (SSSR count). The average molecular weight is 232 g/mol. The van der Waals surface area contributed by atoms with Gasteiger partial charge in [-0.25, -0.2) is 4.39 Å². The van der Waals surface area contributed by atoms with Crippen LogP contribution in [-0.4, -0.2) is 19.1 Å². The fourth-order valence-corrected chi connectivity index (χ4v) is 1.37. The topological polar surface area (TPSA) is 52.3 Å². The number of methoxy groups -OCH3 is 1. The zero-order chi connectivity index (χ0) is 11.4. The van der Waals surface area contributed by atoms with Crippen molar-refractivity contribution in [2.75, 3.05) is 7.11 Å². The van der Waals surface area contributed by atoms with Gasteiger partial charge in [-0.05, 0) is 23.8 Å². The van der Waals surface area contributed by atoms with Crippen LogP contribution in [0.25, 0.3) is 0 Å². The van der Waals surface area contributed by atoms with Crippen LogP contribution in [0.3, 0.4) is 0 Å². The lowest BCUT2D eigenvalue weighted by Crippen LogP contribution is -2.33. The van der Waals surface area contributed by atoms with Crippen molar-refractivity contribution in [2.24, 2.45) is 5.73 Å². The Morgan fingerprint density at radius 1 is 1.67 bits per heavy atom. The van der Waals surface area contributed by atoms with Crippen molar-refractivity contribution in [1.29, 1.82) is 0 Å². The fourth-order valence-electron chi connectivity index (χ4n) is 1.17. The van der Waals surface area contributed by atoms with Crippen molar-refractivity contribution < 1.29 is 13.9 Å². The summed E-state index contributed by atoms with van der Waals surface area (Å²) in [7, 11) is 1.23. The molecule has 3 nitrogen and oxygen atoms in total. The van der Waals surface area contributed by atoms with Crippen LogP contribution in [0.4, 0.5) is 4.39 Å². The number of nitrogens with two attached hydrogens (primary N) is 1. The van der Waals surface area contributed by atoms with Crippen molar-refractivity contribution in [3.05, 3.63) is 34.6 Å². The van der Waals surface area contributed by atoms with E-state index in [1.165, 1.54) is 25.3 Å². The molecule has 0 unspecified atom stereocenters. The highest BCUT2D eigenvalue weighted by molar-refractivity contribution is 6.30. The summed E-state index contributed by atoms with van der Waals surface area (Å²) in [6.07, 6.45) is 0.0685. The Balaban J connectivity index is 2.80. The first-order valence-electron chi connectivity index (χ1n) is 4.32. The summed E-state index contributed by atoms with van der Waals surface area (Å²) in [4.78, 5) is 11.0. The molecule has 5 heteroatoms. The van der Waals surface area contributed by atoms with E-state index in [1.54, 1.807) is 0 Å². The maximum atomic E-state index is 13.2. The van der Waals surface area contributed by atoms with E-state index < -0.39 is 17.8 Å². The third-order valence-electron chi connectivity index (χ3n) is 1.95. The zero-order valence-electron chi connectivity index (χ0n) is 8.17. The van der Waals surface area contributed by atoms with Gasteiger partial charge in [0.25, 0.3) is 0 Å². The number of benzene rings is 1. The van der Waals surface area contributed by atoms with E-state index in [1.807, 2.05) is 0 Å². The molecule has 0 fully saturated rings. The van der Waals surface area contributed by atoms with Gasteiger partial charge in [-0.2, -0.15) is 0 Å². The van der Waals surface area contributed by atoms with Crippen LogP contribution in [0.15, 0.2) is 18.2 Å². The molecule has 0 saturated heterocycles. The van der Waals surface area contributed by atoms with Crippen LogP contribution in [0.2, 0.25) is 5.02 Å². The molecule has 0 amide bonds. The van der Waals surface area contributed by atoms with Crippen LogP contribution in [0, 0.1) is 5.82 Å². The first-order chi connectivity index (χ1) is 7.04. The van der Waals surface area contributed by atoms with Crippen LogP contribution >= 0.6 is 11.6 Å². The molecule has 0 aliphatic carbocycles. The van der Waals surface area contributed by atoms with Gasteiger partial charge in [0.2, 0.25) is 0 Å². The first kappa shape index (κ1) is 11.9. The number of hydrogen-bond acceptors (Lipinski definition) is 3. The molecule has 1 aromatic rings. The highest BCUT2D eigenvalue weighted by Crippen LogP contribution is 2.16. The standard InChI is InChI=1S/C10H11ClFNO2/c1-15-10(14)9(13)5-6-4-7(11)2-3-8(6)12/h2-4,9H,5,13H2,1H3/t9-/m0/s1. The SMILES string of the molecule is COC(=O)[C@@H](N)Cc1cc(Cl)ccc1F. The smallest absolute Gasteiger partial charge is 0.322 e. The Morgan fingerprint density at radius 3 is 2.93 bits per heavy atom. The van der Waals surface area contributed by atoms with E-state index in [9.17, 15) is 9.18 Å². The Hall–Kier alpha value is -1.13. The summed E-state index contributed by atoms with van der Waals surface area (Å²) in [5, 5.41) is 0.406. The molecule has 0 saturated carbocycles. The van der Waals surface area contributed by atoms with Crippen LogP contribution in [-0.2, 0) is 16.0 Å². The molecule has 0 aromatic heterocycles. The van der Waals surface area contributed by atoms with Crippen molar-refractivity contribution in [2.45, 2.75) is 12.5 Å². The molecule has 15 heavy (non-hydrogen) atoms. The number of carbonyl (C=O) groups excluding carboxylic acids is 1. The first-order valence-corrected chi connectivity index (χ1v) is 4.69. The van der Waals surface area contributed by atoms with Gasteiger partial charge >= 0.3 is 5.97 Å². The largest absolute Gasteiger partial charge is 0.468 e. The second-order valence-electron chi connectivity index (χ2n) is 3.07. The van der Waals surface area contributed by atoms with Gasteiger partial charge in [0.15, 0.2) is 0 Å². The van der Waals surface area contributed by atoms with E-state index in [2.05, 4.69) is 4.74 Å². The minimum absolute atomic E-state index is 0.0685. The molecule has 0 heterocycles. The Morgan fingerprint density at radius 2 is 2.33 bits per heavy atom. The Kier molecular flexibility index (Phi) is 4.05. The van der Waals surface area contributed by atoms with Gasteiger partial charge in [-0.3, -0.25) is 4.79 Å². The van der Waals surface area contributed by atoms with E-state index in [-0.39, 0.29) is 6.42 Å². The van der Waals surface area contributed by atoms with Crippen molar-refractivity contribution in [1.82, 2.24) is 0 Å². The second kappa shape index (κ2) is 5.09. The van der Waals surface area contributed by atoms with E-state index in [0.717, 1.165) is 0 Å². The summed E-state index contributed by atoms with van der Waals surface area (Å²) < 4.78 is 17.7. The third-order valence-corrected chi connectivity index (χ3v) is 2.19. The van der Waals surface area contributed by atoms with Crippen molar-refractivity contribution >= 4 is 17.6 Å². The molecule has 1 aromatic carbocycles. The molecular weight excluding hydrogens is 221 g/mol. The van der Waals surface area contributed by atoms with Gasteiger partial charge < -0.3 is 10.5 Å². The predicted molar refractivity (Wildman–Crippen MR) is 55.1 cm³/mol. The lowest BCUT2D eigenvalue weighted by atomic mass is 10.1. The number of hydrogen-bond donors (Lipinski definition) is 1. The van der Waals surface area contributed by atoms with Gasteiger partial charge in [-0.15, -0.1) is 0 Å². The lowest BCUT2D eigenvalue weighted by Gasteiger charge is -2.09. The zero-order valence-corrected chi connectivity index (χ0v) is 8.92. The number of rotatable bonds is 3. The number of carbonyl (C=O) groups is 1. The van der Waals surface area contributed by atoms with E-state index in [4.69, 9.17) is 17.3 Å². The fraction of sp³-hybridized carbons (Fsp3) is 0.300. The monoisotopic (exact) mass is 231 g/mol. The minimum atomic E-state index is -0.872. The van der Waals surface area contributed by atoms with Gasteiger partial charge in [0, 0.05) is 11.4 Å². The number of esters is 1. The quantitative estimate of drug-likeness (QED) is 0.803. The van der Waals surface area contributed by atoms with Crippen LogP contribution in [0.5, 0.6) is 0 Å². The molecule has 82 valence electrons. The molecule has 0 radical (unpaired) electrons. The summed E-state index contributed by atoms with van der Waals surface area (Å²) in [5.74, 6) is -1.01. The van der Waals surface area contributed by atoms with Crippen LogP contribution in [0.1, 0.15) is 5.56 Å². The highest BCUT2D eigenvalue weighted by atomic mass is 35.5. The molecule has 0 bridgehead atoms. The van der Waals surface area contributed by atoms with E-state index >= 15 is 0 Å². The minimum Gasteiger partial charge on any atom is -0.468 e. The van der Waals surface area contributed by atoms with Gasteiger partial charge in [-0.1, -0.05) is 11.6 Å². The molecule has 1 atom stereocenters. The summed E-state index contributed by atoms with van der Waals surface area (Å²) >= 11 is 5.69. The van der Waals surface area contributed by atoms with Crippen molar-refractivity contribution in [3.8, 4) is 0 Å². The van der Waals surface area contributed by atoms with Gasteiger partial charge in [0.05, 0.1) is 7.11 Å². The second-order valence-corrected chi connectivity index (χ2v) is 3.51. The molecular formula is C10H11ClFNO2. The maximum absolute atomic E-state index is 13.2. The Labute approximate surface area is 92.0 Å². The maximum Gasteiger partial charge on any atom is 0.322 e. The van der Waals surface area contributed by atoms with E-state index in [0.29, 0.717) is 10.6 Å². The summed E-state index contributed by atoms with van der Waals surface area (Å²) in [5.41, 5.74) is 5.80. The van der Waals surface area contributed by atoms with Gasteiger partial charge in [0.1, 0.15) is 11.9 Å². The van der Waals surface area contributed by atoms with Crippen molar-refractivity contribution in [3.63, 3.8) is 0 Å². The molecule has 0 aliphatic rings. The third kappa shape index (κ3) is 3.18. The predicted octanol–water partition coefficient (Wildman–Crippen LogP) is 1.52. The number of ether oxygens (including phenoxy) is 1. The Bertz CT molecular complexity index is 370. The number of halogens is 2. The molecule has 2 N–H and O–H groups in total. The summed E-state index contributed by atoms with van der Waals surface area (Å²) in [6.45, 7) is 0. The summed E-state index contributed by atoms with van der Waals surface area (Å²) in [6, 6.07) is 3.24. The molecule has 0 aliphatic heterocycles. The lowest BCUT2D eigenvalue weighted by molar-refractivity contribution is -0.142. The highest BCUT2D eigenvalue weighted by Gasteiger charge is 2.16. The normalized spacial score (nSPS) is 12.3. The van der Waals surface area contributed by atoms with Crippen LogP contribution < -0.4 is 5.73 Å². The average Bonchev–Trinajstić information content (AvgIpc) is 2.22. The molecule has 0 spiro atoms.